The van der Waals surface area contributed by atoms with Crippen LogP contribution in [0.25, 0.3) is 0 Å². The number of carbonyl (C=O) groups is 3. The third-order valence-electron chi connectivity index (χ3n) is 5.08. The van der Waals surface area contributed by atoms with Crippen molar-refractivity contribution in [3.05, 3.63) is 59.1 Å². The van der Waals surface area contributed by atoms with Crippen molar-refractivity contribution in [1.82, 2.24) is 4.90 Å². The van der Waals surface area contributed by atoms with Crippen molar-refractivity contribution < 1.29 is 14.4 Å². The Morgan fingerprint density at radius 2 is 1.77 bits per heavy atom. The molecule has 0 aromatic heterocycles. The van der Waals surface area contributed by atoms with Gasteiger partial charge in [-0.2, -0.15) is 0 Å². The molecule has 3 amide bonds. The van der Waals surface area contributed by atoms with Crippen molar-refractivity contribution in [1.29, 1.82) is 0 Å². The number of likely N-dealkylation sites (tertiary alicyclic amines) is 1. The molecule has 0 aliphatic carbocycles. The Labute approximate surface area is 188 Å². The molecular formula is C24H28ClN3O3. The summed E-state index contributed by atoms with van der Waals surface area (Å²) in [5.41, 5.74) is 1.25. The van der Waals surface area contributed by atoms with Crippen LogP contribution in [0.15, 0.2) is 48.5 Å². The maximum atomic E-state index is 13.0. The predicted octanol–water partition coefficient (Wildman–Crippen LogP) is 4.96. The van der Waals surface area contributed by atoms with Crippen molar-refractivity contribution in [3.8, 4) is 0 Å². The van der Waals surface area contributed by atoms with Crippen molar-refractivity contribution in [2.75, 3.05) is 17.2 Å². The van der Waals surface area contributed by atoms with Gasteiger partial charge in [-0.1, -0.05) is 50.6 Å². The number of hydrogen-bond acceptors (Lipinski definition) is 3. The molecule has 31 heavy (non-hydrogen) atoms. The summed E-state index contributed by atoms with van der Waals surface area (Å²) >= 11 is 6.27. The largest absolute Gasteiger partial charge is 0.331 e. The van der Waals surface area contributed by atoms with E-state index in [0.717, 1.165) is 6.42 Å². The van der Waals surface area contributed by atoms with Gasteiger partial charge < -0.3 is 15.5 Å². The standard InChI is InChI=1S/C24H28ClN3O3/c1-24(2,3)15-21(29)28-13-7-10-20(28)23(31)27-19-14-16(11-12-18(19)25)22(30)26-17-8-5-4-6-9-17/h4-6,8-9,11-12,14,20H,7,10,13,15H2,1-3H3,(H,26,30)(H,27,31). The Balaban J connectivity index is 1.71. The zero-order valence-electron chi connectivity index (χ0n) is 18.1. The van der Waals surface area contributed by atoms with Gasteiger partial charge in [-0.05, 0) is 48.6 Å². The molecule has 0 bridgehead atoms. The van der Waals surface area contributed by atoms with Gasteiger partial charge in [0, 0.05) is 24.2 Å². The lowest BCUT2D eigenvalue weighted by Gasteiger charge is -2.27. The summed E-state index contributed by atoms with van der Waals surface area (Å²) < 4.78 is 0. The molecule has 2 aromatic rings. The molecule has 0 radical (unpaired) electrons. The monoisotopic (exact) mass is 441 g/mol. The van der Waals surface area contributed by atoms with E-state index in [-0.39, 0.29) is 23.1 Å². The molecule has 6 nitrogen and oxygen atoms in total. The van der Waals surface area contributed by atoms with Gasteiger partial charge in [0.05, 0.1) is 10.7 Å². The second-order valence-electron chi connectivity index (χ2n) is 8.99. The first-order chi connectivity index (χ1) is 14.6. The highest BCUT2D eigenvalue weighted by Crippen LogP contribution is 2.28. The number of para-hydroxylation sites is 1. The van der Waals surface area contributed by atoms with Crippen LogP contribution in [0.4, 0.5) is 11.4 Å². The summed E-state index contributed by atoms with van der Waals surface area (Å²) in [6, 6.07) is 13.3. The Morgan fingerprint density at radius 3 is 2.45 bits per heavy atom. The maximum Gasteiger partial charge on any atom is 0.255 e. The fourth-order valence-corrected chi connectivity index (χ4v) is 3.76. The van der Waals surface area contributed by atoms with Crippen LogP contribution in [0.2, 0.25) is 5.02 Å². The number of carbonyl (C=O) groups excluding carboxylic acids is 3. The third-order valence-corrected chi connectivity index (χ3v) is 5.41. The molecule has 7 heteroatoms. The van der Waals surface area contributed by atoms with Crippen LogP contribution in [0.3, 0.4) is 0 Å². The van der Waals surface area contributed by atoms with Gasteiger partial charge >= 0.3 is 0 Å². The highest BCUT2D eigenvalue weighted by atomic mass is 35.5. The Bertz CT molecular complexity index is 970. The number of anilines is 2. The van der Waals surface area contributed by atoms with Crippen LogP contribution >= 0.6 is 11.6 Å². The fraction of sp³-hybridized carbons (Fsp3) is 0.375. The molecule has 3 rings (SSSR count). The second kappa shape index (κ2) is 9.52. The number of benzene rings is 2. The van der Waals surface area contributed by atoms with Gasteiger partial charge in [-0.15, -0.1) is 0 Å². The smallest absolute Gasteiger partial charge is 0.255 e. The third kappa shape index (κ3) is 6.07. The molecule has 1 aliphatic rings. The van der Waals surface area contributed by atoms with E-state index >= 15 is 0 Å². The fourth-order valence-electron chi connectivity index (χ4n) is 3.60. The van der Waals surface area contributed by atoms with E-state index in [0.29, 0.717) is 41.3 Å². The maximum absolute atomic E-state index is 13.0. The number of rotatable bonds is 5. The van der Waals surface area contributed by atoms with Crippen molar-refractivity contribution in [2.24, 2.45) is 5.41 Å². The molecule has 0 spiro atoms. The van der Waals surface area contributed by atoms with Gasteiger partial charge in [0.15, 0.2) is 0 Å². The SMILES string of the molecule is CC(C)(C)CC(=O)N1CCCC1C(=O)Nc1cc(C(=O)Nc2ccccc2)ccc1Cl. The van der Waals surface area contributed by atoms with E-state index in [2.05, 4.69) is 10.6 Å². The molecule has 1 heterocycles. The number of nitrogens with one attached hydrogen (secondary N) is 2. The summed E-state index contributed by atoms with van der Waals surface area (Å²) in [7, 11) is 0. The van der Waals surface area contributed by atoms with Crippen molar-refractivity contribution >= 4 is 40.7 Å². The normalized spacial score (nSPS) is 16.1. The first-order valence-corrected chi connectivity index (χ1v) is 10.8. The zero-order chi connectivity index (χ0) is 22.6. The highest BCUT2D eigenvalue weighted by molar-refractivity contribution is 6.34. The van der Waals surface area contributed by atoms with E-state index in [1.807, 2.05) is 39.0 Å². The molecule has 2 N–H and O–H groups in total. The lowest BCUT2D eigenvalue weighted by molar-refractivity contribution is -0.138. The molecular weight excluding hydrogens is 414 g/mol. The van der Waals surface area contributed by atoms with Crippen molar-refractivity contribution in [2.45, 2.75) is 46.1 Å². The summed E-state index contributed by atoms with van der Waals surface area (Å²) in [5.74, 6) is -0.615. The minimum Gasteiger partial charge on any atom is -0.331 e. The van der Waals surface area contributed by atoms with Gasteiger partial charge in [-0.25, -0.2) is 0 Å². The average molecular weight is 442 g/mol. The predicted molar refractivity (Wildman–Crippen MR) is 123 cm³/mol. The average Bonchev–Trinajstić information content (AvgIpc) is 3.19. The molecule has 0 saturated carbocycles. The zero-order valence-corrected chi connectivity index (χ0v) is 18.8. The van der Waals surface area contributed by atoms with E-state index in [4.69, 9.17) is 11.6 Å². The quantitative estimate of drug-likeness (QED) is 0.688. The lowest BCUT2D eigenvalue weighted by Crippen LogP contribution is -2.44. The summed E-state index contributed by atoms with van der Waals surface area (Å²) in [6.07, 6.45) is 1.77. The lowest BCUT2D eigenvalue weighted by atomic mass is 9.91. The molecule has 164 valence electrons. The van der Waals surface area contributed by atoms with Gasteiger partial charge in [-0.3, -0.25) is 14.4 Å². The van der Waals surface area contributed by atoms with Crippen LogP contribution in [0.5, 0.6) is 0 Å². The Hall–Kier alpha value is -2.86. The van der Waals surface area contributed by atoms with Crippen LogP contribution in [0.1, 0.15) is 50.4 Å². The minimum atomic E-state index is -0.535. The summed E-state index contributed by atoms with van der Waals surface area (Å²) in [4.78, 5) is 39.9. The number of amides is 3. The van der Waals surface area contributed by atoms with Crippen LogP contribution in [-0.2, 0) is 9.59 Å². The second-order valence-corrected chi connectivity index (χ2v) is 9.39. The van der Waals surface area contributed by atoms with E-state index in [1.54, 1.807) is 35.2 Å². The number of hydrogen-bond donors (Lipinski definition) is 2. The summed E-state index contributed by atoms with van der Waals surface area (Å²) in [5, 5.41) is 5.95. The van der Waals surface area contributed by atoms with E-state index < -0.39 is 6.04 Å². The van der Waals surface area contributed by atoms with Gasteiger partial charge in [0.25, 0.3) is 5.91 Å². The number of halogens is 1. The topological polar surface area (TPSA) is 78.5 Å². The molecule has 1 saturated heterocycles. The Kier molecular flexibility index (Phi) is 7.01. The molecule has 1 atom stereocenters. The molecule has 1 unspecified atom stereocenters. The molecule has 1 fully saturated rings. The van der Waals surface area contributed by atoms with Gasteiger partial charge in [0.1, 0.15) is 6.04 Å². The molecule has 2 aromatic carbocycles. The van der Waals surface area contributed by atoms with Crippen LogP contribution in [0, 0.1) is 5.41 Å². The van der Waals surface area contributed by atoms with Crippen molar-refractivity contribution in [3.63, 3.8) is 0 Å². The number of nitrogens with zero attached hydrogens (tertiary/aromatic N) is 1. The first-order valence-electron chi connectivity index (χ1n) is 10.4. The van der Waals surface area contributed by atoms with E-state index in [1.165, 1.54) is 0 Å². The highest BCUT2D eigenvalue weighted by Gasteiger charge is 2.35. The van der Waals surface area contributed by atoms with Crippen LogP contribution < -0.4 is 10.6 Å². The summed E-state index contributed by atoms with van der Waals surface area (Å²) in [6.45, 7) is 6.58. The van der Waals surface area contributed by atoms with Crippen LogP contribution in [-0.4, -0.2) is 35.2 Å². The first kappa shape index (κ1) is 22.8. The van der Waals surface area contributed by atoms with Gasteiger partial charge in [0.2, 0.25) is 11.8 Å². The Morgan fingerprint density at radius 1 is 1.06 bits per heavy atom. The molecule has 1 aliphatic heterocycles. The van der Waals surface area contributed by atoms with E-state index in [9.17, 15) is 14.4 Å². The minimum absolute atomic E-state index is 0.0211.